The molecule has 1 unspecified atom stereocenters. The Balaban J connectivity index is 1.54. The fraction of sp³-hybridized carbons (Fsp3) is 0.100. The molecule has 0 aliphatic heterocycles. The number of carbonyl (C=O) groups is 1. The summed E-state index contributed by atoms with van der Waals surface area (Å²) in [6.45, 7) is 1.69. The van der Waals surface area contributed by atoms with Gasteiger partial charge < -0.3 is 4.74 Å². The molecule has 0 radical (unpaired) electrons. The number of benzene rings is 2. The lowest BCUT2D eigenvalue weighted by Gasteiger charge is -2.13. The molecule has 2 aromatic carbocycles. The lowest BCUT2D eigenvalue weighted by atomic mass is 10.1. The molecule has 0 saturated carbocycles. The summed E-state index contributed by atoms with van der Waals surface area (Å²) in [5.41, 5.74) is 4.73. The molecule has 6 heteroatoms. The number of hydrogen-bond acceptors (Lipinski definition) is 4. The average molecular weight is 429 g/mol. The summed E-state index contributed by atoms with van der Waals surface area (Å²) in [6, 6.07) is 21.6. The van der Waals surface area contributed by atoms with E-state index in [2.05, 4.69) is 38.6 Å². The number of thiophene rings is 1. The number of rotatable bonds is 6. The fourth-order valence-corrected chi connectivity index (χ4v) is 3.56. The van der Waals surface area contributed by atoms with Crippen LogP contribution in [0.3, 0.4) is 0 Å². The summed E-state index contributed by atoms with van der Waals surface area (Å²) in [6.07, 6.45) is 0.958. The van der Waals surface area contributed by atoms with E-state index >= 15 is 0 Å². The lowest BCUT2D eigenvalue weighted by molar-refractivity contribution is -0.127. The summed E-state index contributed by atoms with van der Waals surface area (Å²) in [4.78, 5) is 13.0. The van der Waals surface area contributed by atoms with Gasteiger partial charge in [0.15, 0.2) is 6.10 Å². The van der Waals surface area contributed by atoms with Gasteiger partial charge in [0, 0.05) is 4.88 Å². The smallest absolute Gasteiger partial charge is 0.280 e. The minimum atomic E-state index is -0.648. The van der Waals surface area contributed by atoms with Gasteiger partial charge in [0.05, 0.1) is 10.0 Å². The second-order valence-electron chi connectivity index (χ2n) is 5.53. The van der Waals surface area contributed by atoms with Crippen LogP contribution in [0, 0.1) is 0 Å². The van der Waals surface area contributed by atoms with Crippen molar-refractivity contribution in [1.82, 2.24) is 5.43 Å². The topological polar surface area (TPSA) is 50.7 Å². The Kier molecular flexibility index (Phi) is 6.20. The van der Waals surface area contributed by atoms with E-state index in [0.717, 1.165) is 19.8 Å². The number of hydrogen-bond donors (Lipinski definition) is 1. The van der Waals surface area contributed by atoms with Gasteiger partial charge >= 0.3 is 0 Å². The van der Waals surface area contributed by atoms with Crippen LogP contribution >= 0.6 is 27.3 Å². The Morgan fingerprint density at radius 2 is 1.77 bits per heavy atom. The zero-order chi connectivity index (χ0) is 18.4. The van der Waals surface area contributed by atoms with E-state index in [1.165, 1.54) is 11.3 Å². The van der Waals surface area contributed by atoms with Gasteiger partial charge in [-0.1, -0.05) is 42.5 Å². The number of nitrogens with zero attached hydrogens (tertiary/aromatic N) is 1. The van der Waals surface area contributed by atoms with Crippen molar-refractivity contribution in [3.05, 3.63) is 75.4 Å². The largest absolute Gasteiger partial charge is 0.481 e. The molecule has 0 aliphatic rings. The normalized spacial score (nSPS) is 12.1. The van der Waals surface area contributed by atoms with Gasteiger partial charge in [0.1, 0.15) is 5.75 Å². The molecule has 1 atom stereocenters. The molecule has 26 heavy (non-hydrogen) atoms. The van der Waals surface area contributed by atoms with Crippen LogP contribution in [0.15, 0.2) is 75.6 Å². The molecule has 3 rings (SSSR count). The standard InChI is InChI=1S/C20H17BrN2O2S/c1-14(20(24)23-22-13-18-11-12-19(21)26-18)25-17-9-7-16(8-10-17)15-5-3-2-4-6-15/h2-14H,1H3,(H,23,24)/b22-13+. The van der Waals surface area contributed by atoms with E-state index in [-0.39, 0.29) is 5.91 Å². The first-order valence-corrected chi connectivity index (χ1v) is 9.63. The molecule has 0 fully saturated rings. The SMILES string of the molecule is CC(Oc1ccc(-c2ccccc2)cc1)C(=O)N/N=C/c1ccc(Br)s1. The third-order valence-electron chi connectivity index (χ3n) is 3.60. The zero-order valence-electron chi connectivity index (χ0n) is 14.1. The second kappa shape index (κ2) is 8.78. The number of ether oxygens (including phenoxy) is 1. The van der Waals surface area contributed by atoms with Gasteiger partial charge in [-0.3, -0.25) is 4.79 Å². The van der Waals surface area contributed by atoms with Gasteiger partial charge in [0.2, 0.25) is 0 Å². The van der Waals surface area contributed by atoms with Crippen LogP contribution in [0.25, 0.3) is 11.1 Å². The van der Waals surface area contributed by atoms with E-state index in [1.807, 2.05) is 54.6 Å². The van der Waals surface area contributed by atoms with E-state index in [9.17, 15) is 4.79 Å². The van der Waals surface area contributed by atoms with Crippen LogP contribution in [-0.2, 0) is 4.79 Å². The fourth-order valence-electron chi connectivity index (χ4n) is 2.26. The third-order valence-corrected chi connectivity index (χ3v) is 5.16. The zero-order valence-corrected chi connectivity index (χ0v) is 16.5. The van der Waals surface area contributed by atoms with Crippen molar-refractivity contribution in [1.29, 1.82) is 0 Å². The molecule has 3 aromatic rings. The summed E-state index contributed by atoms with van der Waals surface area (Å²) < 4.78 is 6.70. The van der Waals surface area contributed by atoms with Crippen LogP contribution in [0.2, 0.25) is 0 Å². The van der Waals surface area contributed by atoms with Crippen molar-refractivity contribution in [2.75, 3.05) is 0 Å². The van der Waals surface area contributed by atoms with Crippen LogP contribution < -0.4 is 10.2 Å². The quantitative estimate of drug-likeness (QED) is 0.438. The predicted octanol–water partition coefficient (Wildman–Crippen LogP) is 5.10. The van der Waals surface area contributed by atoms with E-state index < -0.39 is 6.10 Å². The molecular weight excluding hydrogens is 412 g/mol. The highest BCUT2D eigenvalue weighted by molar-refractivity contribution is 9.11. The molecular formula is C20H17BrN2O2S. The molecule has 0 aliphatic carbocycles. The average Bonchev–Trinajstić information content (AvgIpc) is 3.08. The van der Waals surface area contributed by atoms with Crippen molar-refractivity contribution >= 4 is 39.4 Å². The molecule has 132 valence electrons. The minimum Gasteiger partial charge on any atom is -0.481 e. The van der Waals surface area contributed by atoms with Gasteiger partial charge in [-0.15, -0.1) is 11.3 Å². The first-order valence-electron chi connectivity index (χ1n) is 8.02. The summed E-state index contributed by atoms with van der Waals surface area (Å²) in [7, 11) is 0. The number of nitrogens with one attached hydrogen (secondary N) is 1. The van der Waals surface area contributed by atoms with Gasteiger partial charge in [-0.05, 0) is 58.2 Å². The molecule has 1 N–H and O–H groups in total. The van der Waals surface area contributed by atoms with Crippen molar-refractivity contribution in [3.63, 3.8) is 0 Å². The Morgan fingerprint density at radius 1 is 1.08 bits per heavy atom. The lowest BCUT2D eigenvalue weighted by Crippen LogP contribution is -2.33. The van der Waals surface area contributed by atoms with Gasteiger partial charge in [-0.2, -0.15) is 5.10 Å². The van der Waals surface area contributed by atoms with Crippen molar-refractivity contribution < 1.29 is 9.53 Å². The maximum Gasteiger partial charge on any atom is 0.280 e. The van der Waals surface area contributed by atoms with Crippen molar-refractivity contribution in [2.45, 2.75) is 13.0 Å². The van der Waals surface area contributed by atoms with Gasteiger partial charge in [-0.25, -0.2) is 5.43 Å². The highest BCUT2D eigenvalue weighted by atomic mass is 79.9. The highest BCUT2D eigenvalue weighted by Gasteiger charge is 2.14. The summed E-state index contributed by atoms with van der Waals surface area (Å²) in [5.74, 6) is 0.336. The van der Waals surface area contributed by atoms with Gasteiger partial charge in [0.25, 0.3) is 5.91 Å². The highest BCUT2D eigenvalue weighted by Crippen LogP contribution is 2.23. The molecule has 0 spiro atoms. The molecule has 1 amide bonds. The van der Waals surface area contributed by atoms with Crippen LogP contribution in [-0.4, -0.2) is 18.2 Å². The maximum atomic E-state index is 12.1. The molecule has 1 heterocycles. The van der Waals surface area contributed by atoms with E-state index in [4.69, 9.17) is 4.74 Å². The van der Waals surface area contributed by atoms with Crippen molar-refractivity contribution in [3.8, 4) is 16.9 Å². The molecule has 1 aromatic heterocycles. The Morgan fingerprint density at radius 3 is 2.42 bits per heavy atom. The first kappa shape index (κ1) is 18.4. The summed E-state index contributed by atoms with van der Waals surface area (Å²) >= 11 is 4.92. The molecule has 0 bridgehead atoms. The number of halogens is 1. The third kappa shape index (κ3) is 5.03. The number of carbonyl (C=O) groups excluding carboxylic acids is 1. The predicted molar refractivity (Wildman–Crippen MR) is 110 cm³/mol. The van der Waals surface area contributed by atoms with Crippen LogP contribution in [0.5, 0.6) is 5.75 Å². The van der Waals surface area contributed by atoms with Crippen LogP contribution in [0.1, 0.15) is 11.8 Å². The van der Waals surface area contributed by atoms with E-state index in [0.29, 0.717) is 5.75 Å². The van der Waals surface area contributed by atoms with E-state index in [1.54, 1.807) is 13.1 Å². The van der Waals surface area contributed by atoms with Crippen LogP contribution in [0.4, 0.5) is 0 Å². The Hall–Kier alpha value is -2.44. The summed E-state index contributed by atoms with van der Waals surface area (Å²) in [5, 5.41) is 3.96. The number of hydrazone groups is 1. The molecule has 4 nitrogen and oxygen atoms in total. The maximum absolute atomic E-state index is 12.1. The monoisotopic (exact) mass is 428 g/mol. The Bertz CT molecular complexity index is 892. The second-order valence-corrected chi connectivity index (χ2v) is 8.02. The Labute approximate surface area is 164 Å². The molecule has 0 saturated heterocycles. The van der Waals surface area contributed by atoms with Crippen molar-refractivity contribution in [2.24, 2.45) is 5.10 Å². The minimum absolute atomic E-state index is 0.302. The first-order chi connectivity index (χ1) is 12.6. The number of amides is 1.